The van der Waals surface area contributed by atoms with Crippen molar-refractivity contribution in [2.24, 2.45) is 0 Å². The maximum absolute atomic E-state index is 11.6. The molecule has 4 nitrogen and oxygen atoms in total. The number of benzene rings is 1. The Morgan fingerprint density at radius 1 is 1.21 bits per heavy atom. The van der Waals surface area contributed by atoms with Crippen LogP contribution in [0, 0.1) is 0 Å². The van der Waals surface area contributed by atoms with Gasteiger partial charge in [0, 0.05) is 37.7 Å². The maximum atomic E-state index is 11.6. The van der Waals surface area contributed by atoms with E-state index in [0.717, 1.165) is 11.4 Å². The molecule has 1 aromatic heterocycles. The summed E-state index contributed by atoms with van der Waals surface area (Å²) in [7, 11) is 3.98. The van der Waals surface area contributed by atoms with E-state index in [4.69, 9.17) is 4.42 Å². The summed E-state index contributed by atoms with van der Waals surface area (Å²) in [6.07, 6.45) is 6.01. The molecular weight excluding hydrogens is 240 g/mol. The quantitative estimate of drug-likeness (QED) is 0.659. The third-order valence-electron chi connectivity index (χ3n) is 2.67. The minimum absolute atomic E-state index is 0.0915. The van der Waals surface area contributed by atoms with E-state index in [1.165, 1.54) is 18.6 Å². The summed E-state index contributed by atoms with van der Waals surface area (Å²) in [6, 6.07) is 9.57. The lowest BCUT2D eigenvalue weighted by atomic mass is 10.2. The molecule has 1 heterocycles. The monoisotopic (exact) mass is 256 g/mol. The summed E-state index contributed by atoms with van der Waals surface area (Å²) < 4.78 is 4.86. The average Bonchev–Trinajstić information content (AvgIpc) is 2.93. The molecule has 98 valence electrons. The van der Waals surface area contributed by atoms with E-state index < -0.39 is 0 Å². The van der Waals surface area contributed by atoms with Crippen molar-refractivity contribution in [3.05, 3.63) is 60.7 Å². The number of carbonyl (C=O) groups excluding carboxylic acids is 1. The topological polar surface area (TPSA) is 45.5 Å². The second-order valence-electron chi connectivity index (χ2n) is 4.30. The van der Waals surface area contributed by atoms with Gasteiger partial charge in [0.15, 0.2) is 5.78 Å². The number of rotatable bonds is 5. The maximum Gasteiger partial charge on any atom is 0.190 e. The minimum Gasteiger partial charge on any atom is -0.472 e. The number of hydrogen-bond donors (Lipinski definition) is 1. The first-order valence-electron chi connectivity index (χ1n) is 5.94. The molecule has 1 aromatic carbocycles. The number of furan rings is 1. The molecule has 0 unspecified atom stereocenters. The average molecular weight is 256 g/mol. The fourth-order valence-corrected chi connectivity index (χ4v) is 1.57. The van der Waals surface area contributed by atoms with Crippen LogP contribution in [0.1, 0.15) is 10.4 Å². The first-order chi connectivity index (χ1) is 9.16. The largest absolute Gasteiger partial charge is 0.472 e. The number of hydrogen-bond acceptors (Lipinski definition) is 4. The molecule has 0 amide bonds. The standard InChI is InChI=1S/C15H16N2O2/c1-17(2)14-5-3-13(4-6-14)16-9-7-15(18)12-8-10-19-11-12/h3-11,16H,1-2H3/b9-7+. The Labute approximate surface area is 112 Å². The smallest absolute Gasteiger partial charge is 0.190 e. The fraction of sp³-hybridized carbons (Fsp3) is 0.133. The number of nitrogens with one attached hydrogen (secondary N) is 1. The van der Waals surface area contributed by atoms with Crippen molar-refractivity contribution >= 4 is 17.2 Å². The highest BCUT2D eigenvalue weighted by Gasteiger charge is 2.01. The van der Waals surface area contributed by atoms with Crippen molar-refractivity contribution in [3.63, 3.8) is 0 Å². The molecule has 0 bridgehead atoms. The summed E-state index contributed by atoms with van der Waals surface area (Å²) >= 11 is 0. The van der Waals surface area contributed by atoms with Crippen molar-refractivity contribution in [2.75, 3.05) is 24.3 Å². The molecule has 0 aliphatic carbocycles. The summed E-state index contributed by atoms with van der Waals surface area (Å²) in [5.41, 5.74) is 2.60. The van der Waals surface area contributed by atoms with Crippen LogP contribution in [0.3, 0.4) is 0 Å². The predicted octanol–water partition coefficient (Wildman–Crippen LogP) is 3.15. The molecule has 0 aliphatic rings. The SMILES string of the molecule is CN(C)c1ccc(N/C=C/C(=O)c2ccoc2)cc1. The third kappa shape index (κ3) is 3.48. The molecule has 19 heavy (non-hydrogen) atoms. The second kappa shape index (κ2) is 5.91. The number of anilines is 2. The highest BCUT2D eigenvalue weighted by Crippen LogP contribution is 2.15. The van der Waals surface area contributed by atoms with Crippen LogP contribution < -0.4 is 10.2 Å². The first kappa shape index (κ1) is 13.0. The summed E-state index contributed by atoms with van der Waals surface area (Å²) in [6.45, 7) is 0. The molecule has 0 saturated heterocycles. The Morgan fingerprint density at radius 3 is 2.53 bits per heavy atom. The Kier molecular flexibility index (Phi) is 4.03. The van der Waals surface area contributed by atoms with Crippen LogP contribution in [0.15, 0.2) is 59.6 Å². The van der Waals surface area contributed by atoms with Gasteiger partial charge in [-0.25, -0.2) is 0 Å². The van der Waals surface area contributed by atoms with Crippen molar-refractivity contribution in [1.29, 1.82) is 0 Å². The van der Waals surface area contributed by atoms with E-state index in [0.29, 0.717) is 5.56 Å². The molecule has 2 rings (SSSR count). The molecule has 0 saturated carbocycles. The van der Waals surface area contributed by atoms with Crippen molar-refractivity contribution in [2.45, 2.75) is 0 Å². The Hall–Kier alpha value is -2.49. The van der Waals surface area contributed by atoms with E-state index in [1.54, 1.807) is 12.3 Å². The normalized spacial score (nSPS) is 10.6. The van der Waals surface area contributed by atoms with Gasteiger partial charge in [-0.05, 0) is 30.3 Å². The van der Waals surface area contributed by atoms with E-state index in [9.17, 15) is 4.79 Å². The van der Waals surface area contributed by atoms with Gasteiger partial charge in [0.25, 0.3) is 0 Å². The number of ketones is 1. The molecule has 1 N–H and O–H groups in total. The van der Waals surface area contributed by atoms with Crippen LogP contribution >= 0.6 is 0 Å². The van der Waals surface area contributed by atoms with Gasteiger partial charge < -0.3 is 14.6 Å². The van der Waals surface area contributed by atoms with Crippen molar-refractivity contribution in [3.8, 4) is 0 Å². The van der Waals surface area contributed by atoms with Crippen LogP contribution in [-0.2, 0) is 0 Å². The molecule has 0 spiro atoms. The zero-order chi connectivity index (χ0) is 13.7. The van der Waals surface area contributed by atoms with Gasteiger partial charge in [0.2, 0.25) is 0 Å². The van der Waals surface area contributed by atoms with Crippen LogP contribution in [0.5, 0.6) is 0 Å². The van der Waals surface area contributed by atoms with Crippen molar-refractivity contribution in [1.82, 2.24) is 0 Å². The van der Waals surface area contributed by atoms with E-state index in [-0.39, 0.29) is 5.78 Å². The Bertz CT molecular complexity index is 554. The molecule has 2 aromatic rings. The zero-order valence-electron chi connectivity index (χ0n) is 11.0. The van der Waals surface area contributed by atoms with Gasteiger partial charge in [-0.1, -0.05) is 0 Å². The van der Waals surface area contributed by atoms with E-state index in [2.05, 4.69) is 5.32 Å². The van der Waals surface area contributed by atoms with Crippen molar-refractivity contribution < 1.29 is 9.21 Å². The van der Waals surface area contributed by atoms with Crippen LogP contribution in [0.2, 0.25) is 0 Å². The Morgan fingerprint density at radius 2 is 1.95 bits per heavy atom. The van der Waals surface area contributed by atoms with E-state index in [1.807, 2.05) is 43.3 Å². The molecule has 0 fully saturated rings. The molecule has 0 aliphatic heterocycles. The number of nitrogens with zero attached hydrogens (tertiary/aromatic N) is 1. The highest BCUT2D eigenvalue weighted by molar-refractivity contribution is 6.04. The van der Waals surface area contributed by atoms with Gasteiger partial charge in [0.05, 0.1) is 11.8 Å². The second-order valence-corrected chi connectivity index (χ2v) is 4.30. The van der Waals surface area contributed by atoms with E-state index >= 15 is 0 Å². The third-order valence-corrected chi connectivity index (χ3v) is 2.67. The molecule has 0 atom stereocenters. The van der Waals surface area contributed by atoms with Crippen LogP contribution in [-0.4, -0.2) is 19.9 Å². The van der Waals surface area contributed by atoms with Gasteiger partial charge >= 0.3 is 0 Å². The summed E-state index contributed by atoms with van der Waals surface area (Å²) in [5.74, 6) is -0.0915. The lowest BCUT2D eigenvalue weighted by Crippen LogP contribution is -2.08. The van der Waals surface area contributed by atoms with Gasteiger partial charge in [-0.2, -0.15) is 0 Å². The van der Waals surface area contributed by atoms with Crippen LogP contribution in [0.25, 0.3) is 0 Å². The lowest BCUT2D eigenvalue weighted by Gasteiger charge is -2.12. The molecule has 4 heteroatoms. The van der Waals surface area contributed by atoms with Crippen LogP contribution in [0.4, 0.5) is 11.4 Å². The number of carbonyl (C=O) groups is 1. The molecular formula is C15H16N2O2. The first-order valence-corrected chi connectivity index (χ1v) is 5.94. The molecule has 0 radical (unpaired) electrons. The summed E-state index contributed by atoms with van der Waals surface area (Å²) in [4.78, 5) is 13.7. The fourth-order valence-electron chi connectivity index (χ4n) is 1.57. The van der Waals surface area contributed by atoms with Gasteiger partial charge in [0.1, 0.15) is 6.26 Å². The lowest BCUT2D eigenvalue weighted by molar-refractivity contribution is 0.104. The zero-order valence-corrected chi connectivity index (χ0v) is 11.0. The Balaban J connectivity index is 1.93. The highest BCUT2D eigenvalue weighted by atomic mass is 16.3. The van der Waals surface area contributed by atoms with Gasteiger partial charge in [-0.15, -0.1) is 0 Å². The van der Waals surface area contributed by atoms with Gasteiger partial charge in [-0.3, -0.25) is 4.79 Å². The summed E-state index contributed by atoms with van der Waals surface area (Å²) in [5, 5.41) is 3.05. The minimum atomic E-state index is -0.0915. The predicted molar refractivity (Wildman–Crippen MR) is 76.6 cm³/mol. The number of allylic oxidation sites excluding steroid dienone is 1.